The van der Waals surface area contributed by atoms with Crippen LogP contribution in [0, 0.1) is 9.39 Å². The van der Waals surface area contributed by atoms with Crippen molar-refractivity contribution in [3.05, 3.63) is 63.0 Å². The van der Waals surface area contributed by atoms with Crippen LogP contribution in [-0.2, 0) is 11.3 Å². The molecule has 0 radical (unpaired) electrons. The van der Waals surface area contributed by atoms with Gasteiger partial charge in [0.15, 0.2) is 0 Å². The average molecular weight is 470 g/mol. The standard InChI is InChI=1S/C17H12FIN2O3S/c18-11-3-6-14(19)13(7-11)16(23)20-12-4-1-10(2-5-12)8-21-15(22)9-25-17(21)24/h1-7H,8-9H2,(H,20,23). The fourth-order valence-corrected chi connectivity index (χ4v) is 3.59. The third kappa shape index (κ3) is 4.18. The van der Waals surface area contributed by atoms with Gasteiger partial charge < -0.3 is 5.32 Å². The Morgan fingerprint density at radius 1 is 1.20 bits per heavy atom. The van der Waals surface area contributed by atoms with Crippen molar-refractivity contribution in [3.63, 3.8) is 0 Å². The van der Waals surface area contributed by atoms with Crippen LogP contribution in [0.2, 0.25) is 0 Å². The van der Waals surface area contributed by atoms with E-state index in [1.807, 2.05) is 22.6 Å². The zero-order chi connectivity index (χ0) is 18.0. The molecule has 8 heteroatoms. The highest BCUT2D eigenvalue weighted by molar-refractivity contribution is 14.1. The maximum absolute atomic E-state index is 13.3. The van der Waals surface area contributed by atoms with Crippen LogP contribution in [0.4, 0.5) is 14.9 Å². The van der Waals surface area contributed by atoms with Gasteiger partial charge in [0.1, 0.15) is 5.82 Å². The average Bonchev–Trinajstić information content (AvgIpc) is 2.90. The van der Waals surface area contributed by atoms with Crippen LogP contribution in [-0.4, -0.2) is 27.7 Å². The van der Waals surface area contributed by atoms with Gasteiger partial charge in [-0.2, -0.15) is 0 Å². The van der Waals surface area contributed by atoms with E-state index in [4.69, 9.17) is 0 Å². The van der Waals surface area contributed by atoms with Crippen LogP contribution in [0.3, 0.4) is 0 Å². The molecule has 0 spiro atoms. The molecular formula is C17H12FIN2O3S. The maximum Gasteiger partial charge on any atom is 0.289 e. The number of halogens is 2. The third-order valence-corrected chi connectivity index (χ3v) is 5.37. The summed E-state index contributed by atoms with van der Waals surface area (Å²) < 4.78 is 14.0. The van der Waals surface area contributed by atoms with Gasteiger partial charge in [0, 0.05) is 9.26 Å². The number of hydrogen-bond donors (Lipinski definition) is 1. The highest BCUT2D eigenvalue weighted by atomic mass is 127. The summed E-state index contributed by atoms with van der Waals surface area (Å²) in [5, 5.41) is 2.46. The fourth-order valence-electron chi connectivity index (χ4n) is 2.28. The predicted octanol–water partition coefficient (Wildman–Crippen LogP) is 3.88. The molecule has 25 heavy (non-hydrogen) atoms. The lowest BCUT2D eigenvalue weighted by atomic mass is 10.1. The second-order valence-electron chi connectivity index (χ2n) is 5.31. The van der Waals surface area contributed by atoms with Crippen LogP contribution >= 0.6 is 34.4 Å². The normalized spacial score (nSPS) is 14.1. The van der Waals surface area contributed by atoms with Crippen molar-refractivity contribution in [2.75, 3.05) is 11.1 Å². The first-order valence-corrected chi connectivity index (χ1v) is 9.33. The zero-order valence-corrected chi connectivity index (χ0v) is 15.8. The second kappa shape index (κ2) is 7.52. The van der Waals surface area contributed by atoms with E-state index in [1.165, 1.54) is 23.1 Å². The summed E-state index contributed by atoms with van der Waals surface area (Å²) in [7, 11) is 0. The SMILES string of the molecule is O=C(Nc1ccc(CN2C(=O)CSC2=O)cc1)c1cc(F)ccc1I. The van der Waals surface area contributed by atoms with E-state index in [0.29, 0.717) is 9.26 Å². The number of nitrogens with one attached hydrogen (secondary N) is 1. The van der Waals surface area contributed by atoms with Crippen molar-refractivity contribution in [2.45, 2.75) is 6.54 Å². The molecule has 1 aliphatic heterocycles. The van der Waals surface area contributed by atoms with Gasteiger partial charge in [-0.05, 0) is 58.5 Å². The molecule has 1 fully saturated rings. The first-order chi connectivity index (χ1) is 11.9. The van der Waals surface area contributed by atoms with Gasteiger partial charge in [-0.25, -0.2) is 4.39 Å². The van der Waals surface area contributed by atoms with E-state index in [9.17, 15) is 18.8 Å². The monoisotopic (exact) mass is 470 g/mol. The van der Waals surface area contributed by atoms with Crippen LogP contribution in [0.1, 0.15) is 15.9 Å². The lowest BCUT2D eigenvalue weighted by Crippen LogP contribution is -2.27. The van der Waals surface area contributed by atoms with Crippen LogP contribution in [0.15, 0.2) is 42.5 Å². The van der Waals surface area contributed by atoms with Gasteiger partial charge >= 0.3 is 0 Å². The minimum absolute atomic E-state index is 0.180. The lowest BCUT2D eigenvalue weighted by molar-refractivity contribution is -0.125. The molecule has 0 aliphatic carbocycles. The summed E-state index contributed by atoms with van der Waals surface area (Å²) in [4.78, 5) is 36.7. The molecule has 0 unspecified atom stereocenters. The third-order valence-electron chi connectivity index (χ3n) is 3.57. The molecule has 2 aromatic carbocycles. The van der Waals surface area contributed by atoms with Crippen LogP contribution < -0.4 is 5.32 Å². The number of nitrogens with zero attached hydrogens (tertiary/aromatic N) is 1. The molecule has 1 aliphatic rings. The van der Waals surface area contributed by atoms with Gasteiger partial charge in [0.25, 0.3) is 11.1 Å². The number of amides is 3. The molecule has 5 nitrogen and oxygen atoms in total. The highest BCUT2D eigenvalue weighted by Crippen LogP contribution is 2.22. The topological polar surface area (TPSA) is 66.5 Å². The fraction of sp³-hybridized carbons (Fsp3) is 0.118. The Morgan fingerprint density at radius 3 is 2.56 bits per heavy atom. The Labute approximate surface area is 161 Å². The first-order valence-electron chi connectivity index (χ1n) is 7.26. The maximum atomic E-state index is 13.3. The quantitative estimate of drug-likeness (QED) is 0.690. The molecule has 1 heterocycles. The Hall–Kier alpha value is -1.94. The minimum Gasteiger partial charge on any atom is -0.322 e. The van der Waals surface area contributed by atoms with E-state index >= 15 is 0 Å². The number of rotatable bonds is 4. The molecule has 0 atom stereocenters. The van der Waals surface area contributed by atoms with Crippen LogP contribution in [0.25, 0.3) is 0 Å². The Morgan fingerprint density at radius 2 is 1.92 bits per heavy atom. The molecule has 1 saturated heterocycles. The van der Waals surface area contributed by atoms with Crippen molar-refractivity contribution in [2.24, 2.45) is 0 Å². The minimum atomic E-state index is -0.473. The first kappa shape index (κ1) is 17.9. The molecule has 128 valence electrons. The molecule has 0 saturated carbocycles. The number of thioether (sulfide) groups is 1. The zero-order valence-electron chi connectivity index (χ0n) is 12.8. The van der Waals surface area contributed by atoms with E-state index in [2.05, 4.69) is 5.32 Å². The van der Waals surface area contributed by atoms with Crippen molar-refractivity contribution < 1.29 is 18.8 Å². The van der Waals surface area contributed by atoms with Crippen molar-refractivity contribution >= 4 is 57.1 Å². The van der Waals surface area contributed by atoms with Crippen LogP contribution in [0.5, 0.6) is 0 Å². The van der Waals surface area contributed by atoms with E-state index < -0.39 is 11.7 Å². The van der Waals surface area contributed by atoms with Crippen molar-refractivity contribution in [3.8, 4) is 0 Å². The predicted molar refractivity (Wildman–Crippen MR) is 102 cm³/mol. The molecule has 3 amide bonds. The Kier molecular flexibility index (Phi) is 5.38. The molecular weight excluding hydrogens is 458 g/mol. The smallest absolute Gasteiger partial charge is 0.289 e. The Bertz CT molecular complexity index is 841. The highest BCUT2D eigenvalue weighted by Gasteiger charge is 2.29. The van der Waals surface area contributed by atoms with Crippen molar-refractivity contribution in [1.82, 2.24) is 4.90 Å². The van der Waals surface area contributed by atoms with Gasteiger partial charge in [0.2, 0.25) is 5.91 Å². The summed E-state index contributed by atoms with van der Waals surface area (Å²) in [6, 6.07) is 10.8. The van der Waals surface area contributed by atoms with Gasteiger partial charge in [-0.15, -0.1) is 0 Å². The largest absolute Gasteiger partial charge is 0.322 e. The van der Waals surface area contributed by atoms with Gasteiger partial charge in [0.05, 0.1) is 17.9 Å². The number of carbonyl (C=O) groups excluding carboxylic acids is 3. The summed E-state index contributed by atoms with van der Waals surface area (Å²) >= 11 is 2.97. The molecule has 0 aromatic heterocycles. The number of hydrogen-bond acceptors (Lipinski definition) is 4. The number of carbonyl (C=O) groups is 3. The van der Waals surface area contributed by atoms with E-state index in [0.717, 1.165) is 17.3 Å². The number of benzene rings is 2. The molecule has 2 aromatic rings. The Balaban J connectivity index is 1.68. The molecule has 1 N–H and O–H groups in total. The number of anilines is 1. The molecule has 0 bridgehead atoms. The number of imide groups is 1. The van der Waals surface area contributed by atoms with E-state index in [1.54, 1.807) is 24.3 Å². The van der Waals surface area contributed by atoms with Crippen molar-refractivity contribution in [1.29, 1.82) is 0 Å². The summed E-state index contributed by atoms with van der Waals surface area (Å²) in [5.41, 5.74) is 1.58. The summed E-state index contributed by atoms with van der Waals surface area (Å²) in [5.74, 6) is -0.899. The van der Waals surface area contributed by atoms with E-state index in [-0.39, 0.29) is 29.0 Å². The molecule has 3 rings (SSSR count). The second-order valence-corrected chi connectivity index (χ2v) is 7.40. The summed E-state index contributed by atoms with van der Waals surface area (Å²) in [6.07, 6.45) is 0. The lowest BCUT2D eigenvalue weighted by Gasteiger charge is -2.13. The summed E-state index contributed by atoms with van der Waals surface area (Å²) in [6.45, 7) is 0.209. The van der Waals surface area contributed by atoms with Gasteiger partial charge in [-0.1, -0.05) is 23.9 Å². The van der Waals surface area contributed by atoms with Gasteiger partial charge in [-0.3, -0.25) is 19.3 Å².